The van der Waals surface area contributed by atoms with E-state index >= 15 is 0 Å². The van der Waals surface area contributed by atoms with Crippen molar-refractivity contribution < 1.29 is 24.9 Å². The van der Waals surface area contributed by atoms with E-state index in [0.717, 1.165) is 5.56 Å². The number of imidazole rings is 1. The largest absolute Gasteiger partial charge is 0.394 e. The van der Waals surface area contributed by atoms with Crippen LogP contribution in [-0.4, -0.2) is 56.1 Å². The second kappa shape index (κ2) is 7.19. The number of aromatic nitrogens is 2. The first-order valence-electron chi connectivity index (χ1n) is 7.81. The minimum atomic E-state index is -1.29. The molecule has 1 aromatic carbocycles. The lowest BCUT2D eigenvalue weighted by Gasteiger charge is -2.11. The number of carbonyl (C=O) groups is 1. The lowest BCUT2D eigenvalue weighted by atomic mass is 10.1. The molecule has 7 N–H and O–H groups in total. The first-order valence-corrected chi connectivity index (χ1v) is 7.81. The van der Waals surface area contributed by atoms with Gasteiger partial charge in [0.1, 0.15) is 35.9 Å². The lowest BCUT2D eigenvalue weighted by molar-refractivity contribution is -0.0250. The van der Waals surface area contributed by atoms with Crippen molar-refractivity contribution in [3.05, 3.63) is 47.4 Å². The van der Waals surface area contributed by atoms with E-state index in [4.69, 9.17) is 15.6 Å². The molecular weight excluding hydrogens is 328 g/mol. The van der Waals surface area contributed by atoms with Gasteiger partial charge in [-0.05, 0) is 5.56 Å². The molecule has 1 amide bonds. The third kappa shape index (κ3) is 3.49. The predicted molar refractivity (Wildman–Crippen MR) is 87.3 cm³/mol. The maximum Gasteiger partial charge on any atom is 0.271 e. The number of benzene rings is 1. The van der Waals surface area contributed by atoms with Crippen molar-refractivity contribution in [3.8, 4) is 0 Å². The number of aliphatic hydroxyl groups is 3. The Morgan fingerprint density at radius 2 is 2.00 bits per heavy atom. The Morgan fingerprint density at radius 1 is 1.28 bits per heavy atom. The molecule has 9 nitrogen and oxygen atoms in total. The standard InChI is InChI=1S/C16H20N4O5/c17-14-10(16(24)18-6-8-4-2-1-3-5-8)19-15(20-14)13-12(23)11(22)9(7-21)25-13/h1-5,9,11-13,21-23H,6-7,17H2,(H,18,24)(H,19,20)/t9-,11+,12-,13-/m0/s1. The summed E-state index contributed by atoms with van der Waals surface area (Å²) in [6.45, 7) is -0.128. The summed E-state index contributed by atoms with van der Waals surface area (Å²) in [5.41, 5.74) is 6.75. The molecule has 1 aromatic heterocycles. The van der Waals surface area contributed by atoms with Crippen molar-refractivity contribution in [1.82, 2.24) is 15.3 Å². The highest BCUT2D eigenvalue weighted by molar-refractivity contribution is 5.96. The minimum Gasteiger partial charge on any atom is -0.394 e. The summed E-state index contributed by atoms with van der Waals surface area (Å²) < 4.78 is 5.37. The van der Waals surface area contributed by atoms with Crippen molar-refractivity contribution in [2.45, 2.75) is 31.0 Å². The van der Waals surface area contributed by atoms with Crippen molar-refractivity contribution in [3.63, 3.8) is 0 Å². The molecule has 2 heterocycles. The molecule has 1 aliphatic rings. The number of hydrogen-bond acceptors (Lipinski definition) is 7. The molecule has 9 heteroatoms. The van der Waals surface area contributed by atoms with Gasteiger partial charge in [-0.1, -0.05) is 30.3 Å². The zero-order valence-corrected chi connectivity index (χ0v) is 13.3. The average Bonchev–Trinajstić information content (AvgIpc) is 3.14. The number of hydrogen-bond donors (Lipinski definition) is 6. The first kappa shape index (κ1) is 17.4. The molecule has 4 atom stereocenters. The van der Waals surface area contributed by atoms with Gasteiger partial charge < -0.3 is 36.1 Å². The molecule has 3 rings (SSSR count). The van der Waals surface area contributed by atoms with Crippen LogP contribution < -0.4 is 11.1 Å². The lowest BCUT2D eigenvalue weighted by Crippen LogP contribution is -2.32. The molecule has 25 heavy (non-hydrogen) atoms. The van der Waals surface area contributed by atoms with Gasteiger partial charge in [0, 0.05) is 6.54 Å². The second-order valence-corrected chi connectivity index (χ2v) is 5.81. The van der Waals surface area contributed by atoms with Crippen LogP contribution in [-0.2, 0) is 11.3 Å². The van der Waals surface area contributed by atoms with E-state index in [2.05, 4.69) is 15.3 Å². The number of H-pyrrole nitrogens is 1. The van der Waals surface area contributed by atoms with Crippen molar-refractivity contribution in [2.24, 2.45) is 0 Å². The number of anilines is 1. The highest BCUT2D eigenvalue weighted by Crippen LogP contribution is 2.32. The Balaban J connectivity index is 1.71. The van der Waals surface area contributed by atoms with Crippen LogP contribution in [0, 0.1) is 0 Å². The molecule has 0 saturated carbocycles. The summed E-state index contributed by atoms with van der Waals surface area (Å²) in [4.78, 5) is 19.0. The van der Waals surface area contributed by atoms with E-state index < -0.39 is 36.9 Å². The Labute approximate surface area is 143 Å². The van der Waals surface area contributed by atoms with Gasteiger partial charge in [0.05, 0.1) is 6.61 Å². The number of ether oxygens (including phenoxy) is 1. The fourth-order valence-corrected chi connectivity index (χ4v) is 2.71. The number of nitrogens with zero attached hydrogens (tertiary/aromatic N) is 1. The van der Waals surface area contributed by atoms with E-state index in [-0.39, 0.29) is 17.3 Å². The summed E-state index contributed by atoms with van der Waals surface area (Å²) in [7, 11) is 0. The van der Waals surface area contributed by atoms with Crippen LogP contribution >= 0.6 is 0 Å². The topological polar surface area (TPSA) is 154 Å². The Kier molecular flexibility index (Phi) is 5.00. The normalized spacial score (nSPS) is 25.9. The molecule has 0 bridgehead atoms. The van der Waals surface area contributed by atoms with Crippen LogP contribution in [0.5, 0.6) is 0 Å². The molecule has 2 aromatic rings. The molecule has 134 valence electrons. The third-order valence-electron chi connectivity index (χ3n) is 4.08. The fraction of sp³-hybridized carbons (Fsp3) is 0.375. The third-order valence-corrected chi connectivity index (χ3v) is 4.08. The number of nitrogens with two attached hydrogens (primary N) is 1. The van der Waals surface area contributed by atoms with Gasteiger partial charge in [-0.25, -0.2) is 4.98 Å². The first-order chi connectivity index (χ1) is 12.0. The molecule has 1 fully saturated rings. The van der Waals surface area contributed by atoms with Crippen molar-refractivity contribution >= 4 is 11.7 Å². The molecule has 0 aliphatic carbocycles. The van der Waals surface area contributed by atoms with Gasteiger partial charge in [0.25, 0.3) is 5.91 Å². The number of amides is 1. The number of nitrogen functional groups attached to an aromatic ring is 1. The zero-order valence-electron chi connectivity index (χ0n) is 13.3. The SMILES string of the molecule is Nc1nc([C@H]2O[C@@H](CO)[C@@H](O)[C@@H]2O)[nH]c1C(=O)NCc1ccccc1. The molecule has 0 unspecified atom stereocenters. The van der Waals surface area contributed by atoms with Crippen LogP contribution in [0.3, 0.4) is 0 Å². The van der Waals surface area contributed by atoms with Crippen molar-refractivity contribution in [1.29, 1.82) is 0 Å². The highest BCUT2D eigenvalue weighted by atomic mass is 16.6. The summed E-state index contributed by atoms with van der Waals surface area (Å²) in [6.07, 6.45) is -4.48. The fourth-order valence-electron chi connectivity index (χ4n) is 2.71. The van der Waals surface area contributed by atoms with Gasteiger partial charge in [0.15, 0.2) is 5.82 Å². The van der Waals surface area contributed by atoms with E-state index in [1.807, 2.05) is 30.3 Å². The number of rotatable bonds is 5. The van der Waals surface area contributed by atoms with Gasteiger partial charge >= 0.3 is 0 Å². The molecule has 1 saturated heterocycles. The summed E-state index contributed by atoms with van der Waals surface area (Å²) in [6, 6.07) is 9.37. The van der Waals surface area contributed by atoms with Gasteiger partial charge in [-0.15, -0.1) is 0 Å². The summed E-state index contributed by atoms with van der Waals surface area (Å²) >= 11 is 0. The number of carbonyl (C=O) groups excluding carboxylic acids is 1. The highest BCUT2D eigenvalue weighted by Gasteiger charge is 2.44. The Bertz CT molecular complexity index is 735. The molecule has 0 radical (unpaired) electrons. The van der Waals surface area contributed by atoms with Gasteiger partial charge in [-0.3, -0.25) is 4.79 Å². The molecular formula is C16H20N4O5. The maximum atomic E-state index is 12.3. The Hall–Kier alpha value is -2.46. The number of nitrogens with one attached hydrogen (secondary N) is 2. The quantitative estimate of drug-likeness (QED) is 0.408. The second-order valence-electron chi connectivity index (χ2n) is 5.81. The smallest absolute Gasteiger partial charge is 0.271 e. The molecule has 0 spiro atoms. The van der Waals surface area contributed by atoms with Crippen LogP contribution in [0.4, 0.5) is 5.82 Å². The van der Waals surface area contributed by atoms with Crippen LogP contribution in [0.25, 0.3) is 0 Å². The van der Waals surface area contributed by atoms with E-state index in [9.17, 15) is 15.0 Å². The van der Waals surface area contributed by atoms with Crippen LogP contribution in [0.15, 0.2) is 30.3 Å². The monoisotopic (exact) mass is 348 g/mol. The van der Waals surface area contributed by atoms with Gasteiger partial charge in [-0.2, -0.15) is 0 Å². The zero-order chi connectivity index (χ0) is 18.0. The molecule has 1 aliphatic heterocycles. The van der Waals surface area contributed by atoms with E-state index in [1.54, 1.807) is 0 Å². The van der Waals surface area contributed by atoms with Crippen LogP contribution in [0.2, 0.25) is 0 Å². The Morgan fingerprint density at radius 3 is 2.64 bits per heavy atom. The summed E-state index contributed by atoms with van der Waals surface area (Å²) in [5.74, 6) is -0.380. The average molecular weight is 348 g/mol. The minimum absolute atomic E-state index is 0.0432. The van der Waals surface area contributed by atoms with Crippen LogP contribution in [0.1, 0.15) is 28.0 Å². The van der Waals surface area contributed by atoms with Crippen molar-refractivity contribution in [2.75, 3.05) is 12.3 Å². The van der Waals surface area contributed by atoms with Gasteiger partial charge in [0.2, 0.25) is 0 Å². The van der Waals surface area contributed by atoms with E-state index in [0.29, 0.717) is 6.54 Å². The maximum absolute atomic E-state index is 12.3. The number of aliphatic hydroxyl groups excluding tert-OH is 3. The summed E-state index contributed by atoms with van der Waals surface area (Å²) in [5, 5.41) is 31.7. The number of aromatic amines is 1. The van der Waals surface area contributed by atoms with E-state index in [1.165, 1.54) is 0 Å². The predicted octanol–water partition coefficient (Wildman–Crippen LogP) is -0.924.